The van der Waals surface area contributed by atoms with Crippen LogP contribution in [0.1, 0.15) is 17.5 Å². The number of hydrogen-bond donors (Lipinski definition) is 2. The molecule has 6 heteroatoms. The van der Waals surface area contributed by atoms with Gasteiger partial charge < -0.3 is 10.1 Å². The van der Waals surface area contributed by atoms with Gasteiger partial charge in [0.2, 0.25) is 10.0 Å². The highest BCUT2D eigenvalue weighted by Gasteiger charge is 2.31. The van der Waals surface area contributed by atoms with Crippen molar-refractivity contribution in [1.82, 2.24) is 10.0 Å². The van der Waals surface area contributed by atoms with E-state index in [1.54, 1.807) is 13.2 Å². The fourth-order valence-electron chi connectivity index (χ4n) is 3.00. The first kappa shape index (κ1) is 14.0. The highest BCUT2D eigenvalue weighted by atomic mass is 32.2. The number of nitrogens with one attached hydrogen (secondary N) is 2. The summed E-state index contributed by atoms with van der Waals surface area (Å²) in [4.78, 5) is 0.361. The largest absolute Gasteiger partial charge is 0.378 e. The van der Waals surface area contributed by atoms with E-state index in [4.69, 9.17) is 4.74 Å². The molecule has 0 spiro atoms. The molecule has 1 saturated heterocycles. The topological polar surface area (TPSA) is 67.4 Å². The van der Waals surface area contributed by atoms with Crippen LogP contribution in [0.3, 0.4) is 0 Å². The molecule has 5 nitrogen and oxygen atoms in total. The second-order valence-corrected chi connectivity index (χ2v) is 7.16. The number of methoxy groups -OCH3 is 1. The average Bonchev–Trinajstić information content (AvgIpc) is 3.05. The Kier molecular flexibility index (Phi) is 3.81. The lowest BCUT2D eigenvalue weighted by atomic mass is 10.1. The van der Waals surface area contributed by atoms with E-state index in [1.807, 2.05) is 12.1 Å². The number of sulfonamides is 1. The molecule has 1 aliphatic carbocycles. The Morgan fingerprint density at radius 1 is 1.25 bits per heavy atom. The minimum Gasteiger partial charge on any atom is -0.378 e. The molecule has 3 rings (SSSR count). The van der Waals surface area contributed by atoms with E-state index in [2.05, 4.69) is 10.0 Å². The molecule has 1 aromatic rings. The molecular formula is C14H20N2O3S. The van der Waals surface area contributed by atoms with Crippen molar-refractivity contribution in [1.29, 1.82) is 0 Å². The lowest BCUT2D eigenvalue weighted by Gasteiger charge is -2.18. The Morgan fingerprint density at radius 2 is 2.05 bits per heavy atom. The number of hydrogen-bond acceptors (Lipinski definition) is 4. The standard InChI is InChI=1S/C14H20N2O3S/c1-19-14-9-15-8-13(14)16-20(17,18)12-6-5-10-3-2-4-11(10)7-12/h5-7,13-16H,2-4,8-9H2,1H3/t13?,14-/m0/s1. The van der Waals surface area contributed by atoms with Crippen LogP contribution in [-0.4, -0.2) is 40.8 Å². The van der Waals surface area contributed by atoms with Crippen molar-refractivity contribution in [3.05, 3.63) is 29.3 Å². The summed E-state index contributed by atoms with van der Waals surface area (Å²) < 4.78 is 32.9. The SMILES string of the molecule is CO[C@H]1CNCC1NS(=O)(=O)c1ccc2c(c1)CCC2. The van der Waals surface area contributed by atoms with Gasteiger partial charge in [0.15, 0.2) is 0 Å². The molecule has 0 radical (unpaired) electrons. The zero-order valence-corrected chi connectivity index (χ0v) is 12.4. The van der Waals surface area contributed by atoms with Crippen LogP contribution in [0.5, 0.6) is 0 Å². The van der Waals surface area contributed by atoms with Crippen molar-refractivity contribution in [2.45, 2.75) is 36.3 Å². The van der Waals surface area contributed by atoms with Gasteiger partial charge in [-0.3, -0.25) is 0 Å². The Balaban J connectivity index is 1.81. The molecule has 0 bridgehead atoms. The van der Waals surface area contributed by atoms with Gasteiger partial charge in [-0.25, -0.2) is 13.1 Å². The van der Waals surface area contributed by atoms with Crippen LogP contribution < -0.4 is 10.0 Å². The maximum atomic E-state index is 12.5. The van der Waals surface area contributed by atoms with E-state index in [0.29, 0.717) is 18.0 Å². The fraction of sp³-hybridized carbons (Fsp3) is 0.571. The Hall–Kier alpha value is -0.950. The van der Waals surface area contributed by atoms with E-state index in [9.17, 15) is 8.42 Å². The van der Waals surface area contributed by atoms with Crippen LogP contribution in [0.2, 0.25) is 0 Å². The first-order valence-electron chi connectivity index (χ1n) is 6.98. The molecule has 0 aromatic heterocycles. The van der Waals surface area contributed by atoms with Crippen LogP contribution >= 0.6 is 0 Å². The summed E-state index contributed by atoms with van der Waals surface area (Å²) >= 11 is 0. The minimum atomic E-state index is -3.48. The summed E-state index contributed by atoms with van der Waals surface area (Å²) in [6, 6.07) is 5.25. The smallest absolute Gasteiger partial charge is 0.240 e. The van der Waals surface area contributed by atoms with Gasteiger partial charge in [-0.15, -0.1) is 0 Å². The van der Waals surface area contributed by atoms with Crippen LogP contribution in [-0.2, 0) is 27.6 Å². The van der Waals surface area contributed by atoms with Gasteiger partial charge in [-0.1, -0.05) is 6.07 Å². The molecule has 0 amide bonds. The third-order valence-electron chi connectivity index (χ3n) is 4.15. The van der Waals surface area contributed by atoms with Gasteiger partial charge in [0.1, 0.15) is 0 Å². The first-order valence-corrected chi connectivity index (χ1v) is 8.46. The Morgan fingerprint density at radius 3 is 2.85 bits per heavy atom. The lowest BCUT2D eigenvalue weighted by molar-refractivity contribution is 0.103. The normalized spacial score (nSPS) is 25.9. The predicted octanol–water partition coefficient (Wildman–Crippen LogP) is 0.440. The summed E-state index contributed by atoms with van der Waals surface area (Å²) in [6.07, 6.45) is 3.04. The van der Waals surface area contributed by atoms with Gasteiger partial charge >= 0.3 is 0 Å². The molecule has 1 aromatic carbocycles. The third-order valence-corrected chi connectivity index (χ3v) is 5.64. The summed E-state index contributed by atoms with van der Waals surface area (Å²) in [7, 11) is -1.87. The molecular weight excluding hydrogens is 276 g/mol. The monoisotopic (exact) mass is 296 g/mol. The van der Waals surface area contributed by atoms with Crippen LogP contribution in [0.25, 0.3) is 0 Å². The third kappa shape index (κ3) is 2.61. The van der Waals surface area contributed by atoms with Crippen LogP contribution in [0.4, 0.5) is 0 Å². The number of ether oxygens (including phenoxy) is 1. The summed E-state index contributed by atoms with van der Waals surface area (Å²) in [5.74, 6) is 0. The van der Waals surface area contributed by atoms with E-state index in [1.165, 1.54) is 11.1 Å². The second-order valence-electron chi connectivity index (χ2n) is 5.44. The van der Waals surface area contributed by atoms with Crippen molar-refractivity contribution in [2.24, 2.45) is 0 Å². The Labute approximate surface area is 119 Å². The first-order chi connectivity index (χ1) is 9.60. The molecule has 2 atom stereocenters. The molecule has 20 heavy (non-hydrogen) atoms. The van der Waals surface area contributed by atoms with Crippen molar-refractivity contribution in [3.63, 3.8) is 0 Å². The zero-order valence-electron chi connectivity index (χ0n) is 11.6. The van der Waals surface area contributed by atoms with E-state index in [0.717, 1.165) is 19.3 Å². The van der Waals surface area contributed by atoms with Crippen LogP contribution in [0, 0.1) is 0 Å². The summed E-state index contributed by atoms with van der Waals surface area (Å²) in [6.45, 7) is 1.27. The quantitative estimate of drug-likeness (QED) is 0.846. The molecule has 1 heterocycles. The van der Waals surface area contributed by atoms with E-state index >= 15 is 0 Å². The molecule has 2 N–H and O–H groups in total. The molecule has 1 aliphatic heterocycles. The van der Waals surface area contributed by atoms with Crippen molar-refractivity contribution in [3.8, 4) is 0 Å². The molecule has 0 saturated carbocycles. The second kappa shape index (κ2) is 5.44. The maximum absolute atomic E-state index is 12.5. The van der Waals surface area contributed by atoms with Gasteiger partial charge in [-0.2, -0.15) is 0 Å². The number of aryl methyl sites for hydroxylation is 2. The molecule has 2 aliphatic rings. The number of fused-ring (bicyclic) bond motifs is 1. The van der Waals surface area contributed by atoms with Gasteiger partial charge in [0.25, 0.3) is 0 Å². The van der Waals surface area contributed by atoms with E-state index < -0.39 is 10.0 Å². The van der Waals surface area contributed by atoms with Crippen molar-refractivity contribution < 1.29 is 13.2 Å². The molecule has 110 valence electrons. The minimum absolute atomic E-state index is 0.112. The van der Waals surface area contributed by atoms with Gasteiger partial charge in [0, 0.05) is 20.2 Å². The van der Waals surface area contributed by atoms with Crippen molar-refractivity contribution >= 4 is 10.0 Å². The predicted molar refractivity (Wildman–Crippen MR) is 76.2 cm³/mol. The zero-order chi connectivity index (χ0) is 14.2. The lowest BCUT2D eigenvalue weighted by Crippen LogP contribution is -2.43. The summed E-state index contributed by atoms with van der Waals surface area (Å²) in [5.41, 5.74) is 2.45. The van der Waals surface area contributed by atoms with Gasteiger partial charge in [-0.05, 0) is 42.5 Å². The van der Waals surface area contributed by atoms with Gasteiger partial charge in [0.05, 0.1) is 17.0 Å². The number of rotatable bonds is 4. The average molecular weight is 296 g/mol. The highest BCUT2D eigenvalue weighted by molar-refractivity contribution is 7.89. The highest BCUT2D eigenvalue weighted by Crippen LogP contribution is 2.25. The molecule has 1 unspecified atom stereocenters. The summed E-state index contributed by atoms with van der Waals surface area (Å²) in [5, 5.41) is 3.14. The van der Waals surface area contributed by atoms with Crippen molar-refractivity contribution in [2.75, 3.05) is 20.2 Å². The number of benzene rings is 1. The van der Waals surface area contributed by atoms with E-state index in [-0.39, 0.29) is 12.1 Å². The molecule has 1 fully saturated rings. The van der Waals surface area contributed by atoms with Crippen LogP contribution in [0.15, 0.2) is 23.1 Å². The Bertz CT molecular complexity index is 600. The fourth-order valence-corrected chi connectivity index (χ4v) is 4.32. The maximum Gasteiger partial charge on any atom is 0.240 e.